The summed E-state index contributed by atoms with van der Waals surface area (Å²) in [6, 6.07) is 15.6. The van der Waals surface area contributed by atoms with E-state index < -0.39 is 0 Å². The van der Waals surface area contributed by atoms with E-state index >= 15 is 0 Å². The molecule has 3 aromatic rings. The van der Waals surface area contributed by atoms with E-state index in [9.17, 15) is 4.79 Å². The average molecular weight is 371 g/mol. The van der Waals surface area contributed by atoms with Crippen LogP contribution in [0.4, 0.5) is 0 Å². The highest BCUT2D eigenvalue weighted by Crippen LogP contribution is 2.30. The maximum atomic E-state index is 12.2. The monoisotopic (exact) mass is 370 g/mol. The van der Waals surface area contributed by atoms with Gasteiger partial charge in [0.05, 0.1) is 18.7 Å². The molecule has 0 radical (unpaired) electrons. The number of hydrogen-bond donors (Lipinski definition) is 1. The van der Waals surface area contributed by atoms with Crippen LogP contribution in [0, 0.1) is 13.8 Å². The van der Waals surface area contributed by atoms with E-state index in [-0.39, 0.29) is 12.3 Å². The van der Waals surface area contributed by atoms with Crippen LogP contribution in [0.5, 0.6) is 0 Å². The molecular weight excluding hydrogens is 352 g/mol. The fourth-order valence-corrected chi connectivity index (χ4v) is 3.87. The number of rotatable bonds is 5. The van der Waals surface area contributed by atoms with Crippen LogP contribution in [0.3, 0.4) is 0 Å². The van der Waals surface area contributed by atoms with Crippen molar-refractivity contribution in [2.75, 3.05) is 0 Å². The molecule has 0 saturated heterocycles. The lowest BCUT2D eigenvalue weighted by Gasteiger charge is -2.06. The van der Waals surface area contributed by atoms with Gasteiger partial charge in [0.1, 0.15) is 5.01 Å². The van der Waals surface area contributed by atoms with Crippen molar-refractivity contribution >= 4 is 28.8 Å². The van der Waals surface area contributed by atoms with Gasteiger partial charge in [-0.25, -0.2) is 4.98 Å². The summed E-state index contributed by atoms with van der Waals surface area (Å²) in [6.45, 7) is 4.55. The van der Waals surface area contributed by atoms with Gasteiger partial charge in [-0.3, -0.25) is 4.79 Å². The van der Waals surface area contributed by atoms with Crippen molar-refractivity contribution in [3.8, 4) is 10.6 Å². The molecule has 0 unspecified atom stereocenters. The number of amides is 1. The Morgan fingerprint density at radius 1 is 1.12 bits per heavy atom. The maximum absolute atomic E-state index is 12.2. The Balaban J connectivity index is 1.67. The summed E-state index contributed by atoms with van der Waals surface area (Å²) < 4.78 is 0. The Morgan fingerprint density at radius 3 is 2.60 bits per heavy atom. The standard InChI is InChI=1S/C20H19ClN2OS/c1-13-7-3-5-9-16(13)20-23-14(2)18(25-20)12-22-19(24)11-15-8-4-6-10-17(15)21/h3-10H,11-12H2,1-2H3,(H,22,24). The molecule has 0 bridgehead atoms. The minimum absolute atomic E-state index is 0.0432. The van der Waals surface area contributed by atoms with Crippen molar-refractivity contribution in [2.24, 2.45) is 0 Å². The molecule has 0 fully saturated rings. The normalized spacial score (nSPS) is 10.7. The zero-order valence-corrected chi connectivity index (χ0v) is 15.7. The zero-order chi connectivity index (χ0) is 17.8. The van der Waals surface area contributed by atoms with Crippen molar-refractivity contribution in [2.45, 2.75) is 26.8 Å². The third-order valence-electron chi connectivity index (χ3n) is 4.02. The fourth-order valence-electron chi connectivity index (χ4n) is 2.58. The van der Waals surface area contributed by atoms with E-state index in [1.165, 1.54) is 5.56 Å². The molecule has 1 N–H and O–H groups in total. The molecule has 0 saturated carbocycles. The summed E-state index contributed by atoms with van der Waals surface area (Å²) in [4.78, 5) is 17.9. The summed E-state index contributed by atoms with van der Waals surface area (Å²) in [7, 11) is 0. The van der Waals surface area contributed by atoms with Gasteiger partial charge >= 0.3 is 0 Å². The Bertz CT molecular complexity index is 904. The first-order valence-corrected chi connectivity index (χ1v) is 9.26. The number of nitrogens with one attached hydrogen (secondary N) is 1. The van der Waals surface area contributed by atoms with Gasteiger partial charge in [-0.15, -0.1) is 11.3 Å². The zero-order valence-electron chi connectivity index (χ0n) is 14.2. The van der Waals surface area contributed by atoms with E-state index in [1.807, 2.05) is 37.3 Å². The van der Waals surface area contributed by atoms with Crippen LogP contribution in [0.15, 0.2) is 48.5 Å². The van der Waals surface area contributed by atoms with Crippen molar-refractivity contribution in [3.05, 3.63) is 75.3 Å². The van der Waals surface area contributed by atoms with Gasteiger partial charge in [-0.05, 0) is 31.0 Å². The van der Waals surface area contributed by atoms with Crippen molar-refractivity contribution in [3.63, 3.8) is 0 Å². The summed E-state index contributed by atoms with van der Waals surface area (Å²) in [5.74, 6) is -0.0432. The van der Waals surface area contributed by atoms with Crippen LogP contribution in [0.2, 0.25) is 5.02 Å². The minimum atomic E-state index is -0.0432. The molecular formula is C20H19ClN2OS. The highest BCUT2D eigenvalue weighted by molar-refractivity contribution is 7.15. The van der Waals surface area contributed by atoms with Gasteiger partial charge in [0.25, 0.3) is 0 Å². The molecule has 128 valence electrons. The number of aromatic nitrogens is 1. The largest absolute Gasteiger partial charge is 0.351 e. The SMILES string of the molecule is Cc1ccccc1-c1nc(C)c(CNC(=O)Cc2ccccc2Cl)s1. The molecule has 0 aliphatic heterocycles. The number of aryl methyl sites for hydroxylation is 2. The van der Waals surface area contributed by atoms with Gasteiger partial charge < -0.3 is 5.32 Å². The topological polar surface area (TPSA) is 42.0 Å². The number of hydrogen-bond acceptors (Lipinski definition) is 3. The van der Waals surface area contributed by atoms with Gasteiger partial charge in [-0.2, -0.15) is 0 Å². The van der Waals surface area contributed by atoms with Crippen molar-refractivity contribution in [1.82, 2.24) is 10.3 Å². The predicted molar refractivity (Wildman–Crippen MR) is 104 cm³/mol. The van der Waals surface area contributed by atoms with Crippen molar-refractivity contribution < 1.29 is 4.79 Å². The molecule has 5 heteroatoms. The van der Waals surface area contributed by atoms with E-state index in [1.54, 1.807) is 17.4 Å². The number of nitrogens with zero attached hydrogens (tertiary/aromatic N) is 1. The minimum Gasteiger partial charge on any atom is -0.351 e. The number of halogens is 1. The third kappa shape index (κ3) is 4.27. The second kappa shape index (κ2) is 7.81. The fraction of sp³-hybridized carbons (Fsp3) is 0.200. The predicted octanol–water partition coefficient (Wildman–Crippen LogP) is 4.94. The van der Waals surface area contributed by atoms with Crippen LogP contribution in [-0.2, 0) is 17.8 Å². The molecule has 0 spiro atoms. The quantitative estimate of drug-likeness (QED) is 0.691. The van der Waals surface area contributed by atoms with Gasteiger partial charge in [0.15, 0.2) is 0 Å². The molecule has 3 nitrogen and oxygen atoms in total. The number of carbonyl (C=O) groups excluding carboxylic acids is 1. The van der Waals surface area contributed by atoms with Gasteiger partial charge in [0, 0.05) is 15.5 Å². The molecule has 0 aliphatic carbocycles. The van der Waals surface area contributed by atoms with Crippen molar-refractivity contribution in [1.29, 1.82) is 0 Å². The summed E-state index contributed by atoms with van der Waals surface area (Å²) in [5.41, 5.74) is 4.14. The first-order valence-electron chi connectivity index (χ1n) is 8.07. The smallest absolute Gasteiger partial charge is 0.224 e. The van der Waals surface area contributed by atoms with Crippen LogP contribution in [0.1, 0.15) is 21.7 Å². The van der Waals surface area contributed by atoms with Crippen LogP contribution >= 0.6 is 22.9 Å². The van der Waals surface area contributed by atoms with Gasteiger partial charge in [0.2, 0.25) is 5.91 Å². The first-order chi connectivity index (χ1) is 12.0. The Hall–Kier alpha value is -2.17. The highest BCUT2D eigenvalue weighted by Gasteiger charge is 2.12. The highest BCUT2D eigenvalue weighted by atomic mass is 35.5. The lowest BCUT2D eigenvalue weighted by molar-refractivity contribution is -0.120. The molecule has 3 rings (SSSR count). The van der Waals surface area contributed by atoms with E-state index in [0.29, 0.717) is 11.6 Å². The van der Waals surface area contributed by atoms with Crippen LogP contribution in [0.25, 0.3) is 10.6 Å². The van der Waals surface area contributed by atoms with E-state index in [0.717, 1.165) is 26.7 Å². The summed E-state index contributed by atoms with van der Waals surface area (Å²) in [6.07, 6.45) is 0.280. The molecule has 0 atom stereocenters. The second-order valence-corrected chi connectivity index (χ2v) is 7.38. The maximum Gasteiger partial charge on any atom is 0.224 e. The molecule has 25 heavy (non-hydrogen) atoms. The van der Waals surface area contributed by atoms with Crippen LogP contribution < -0.4 is 5.32 Å². The Morgan fingerprint density at radius 2 is 1.84 bits per heavy atom. The Labute approximate surface area is 156 Å². The third-order valence-corrected chi connectivity index (χ3v) is 5.58. The molecule has 1 amide bonds. The van der Waals surface area contributed by atoms with Gasteiger partial charge in [-0.1, -0.05) is 54.1 Å². The van der Waals surface area contributed by atoms with E-state index in [2.05, 4.69) is 29.4 Å². The molecule has 0 aliphatic rings. The number of thiazole rings is 1. The second-order valence-electron chi connectivity index (χ2n) is 5.89. The molecule has 1 heterocycles. The first kappa shape index (κ1) is 17.6. The van der Waals surface area contributed by atoms with Crippen LogP contribution in [-0.4, -0.2) is 10.9 Å². The average Bonchev–Trinajstić information content (AvgIpc) is 2.96. The molecule has 2 aromatic carbocycles. The summed E-state index contributed by atoms with van der Waals surface area (Å²) in [5, 5.41) is 4.58. The summed E-state index contributed by atoms with van der Waals surface area (Å²) >= 11 is 7.74. The van der Waals surface area contributed by atoms with E-state index in [4.69, 9.17) is 11.6 Å². The Kier molecular flexibility index (Phi) is 5.51. The molecule has 1 aromatic heterocycles. The number of carbonyl (C=O) groups is 1. The lowest BCUT2D eigenvalue weighted by atomic mass is 10.1. The number of benzene rings is 2. The lowest BCUT2D eigenvalue weighted by Crippen LogP contribution is -2.24.